The molecule has 0 spiro atoms. The van der Waals surface area contributed by atoms with Crippen LogP contribution >= 0.6 is 0 Å². The number of nitrogens with zero attached hydrogens (tertiary/aromatic N) is 1. The molecule has 0 saturated carbocycles. The Kier molecular flexibility index (Phi) is 5.17. The molecule has 1 saturated heterocycles. The van der Waals surface area contributed by atoms with E-state index in [1.165, 1.54) is 36.2 Å². The monoisotopic (exact) mass is 338 g/mol. The lowest BCUT2D eigenvalue weighted by atomic mass is 10.2. The Labute approximate surface area is 134 Å². The van der Waals surface area contributed by atoms with Crippen molar-refractivity contribution in [3.63, 3.8) is 0 Å². The minimum absolute atomic E-state index is 0.133. The Bertz CT molecular complexity index is 725. The molecule has 0 aliphatic carbocycles. The first-order valence-corrected chi connectivity index (χ1v) is 8.58. The fourth-order valence-electron chi connectivity index (χ4n) is 2.43. The third kappa shape index (κ3) is 3.96. The van der Waals surface area contributed by atoms with Crippen molar-refractivity contribution in [1.82, 2.24) is 9.62 Å². The molecule has 1 aromatic carbocycles. The number of nitrogens with one attached hydrogen (secondary N) is 1. The Balaban J connectivity index is 2.08. The van der Waals surface area contributed by atoms with Crippen molar-refractivity contribution in [3.8, 4) is 0 Å². The highest BCUT2D eigenvalue weighted by molar-refractivity contribution is 7.89. The largest absolute Gasteiger partial charge is 0.480 e. The first kappa shape index (κ1) is 17.2. The van der Waals surface area contributed by atoms with Crippen LogP contribution in [0.5, 0.6) is 0 Å². The van der Waals surface area contributed by atoms with E-state index in [1.54, 1.807) is 12.1 Å². The lowest BCUT2D eigenvalue weighted by Gasteiger charge is -2.19. The quantitative estimate of drug-likeness (QED) is 0.769. The van der Waals surface area contributed by atoms with Crippen LogP contribution < -0.4 is 4.72 Å². The number of likely N-dealkylation sites (tertiary alicyclic amines) is 1. The molecular formula is C15H18N2O5S. The fraction of sp³-hybridized carbons (Fsp3) is 0.333. The van der Waals surface area contributed by atoms with Gasteiger partial charge in [-0.1, -0.05) is 12.1 Å². The molecule has 1 aliphatic rings. The van der Waals surface area contributed by atoms with Gasteiger partial charge >= 0.3 is 5.97 Å². The second-order valence-electron chi connectivity index (χ2n) is 5.14. The summed E-state index contributed by atoms with van der Waals surface area (Å²) >= 11 is 0. The summed E-state index contributed by atoms with van der Waals surface area (Å²) in [6.45, 7) is 0.430. The molecule has 2 rings (SSSR count). The van der Waals surface area contributed by atoms with Crippen molar-refractivity contribution < 1.29 is 23.1 Å². The average molecular weight is 338 g/mol. The smallest absolute Gasteiger partial charge is 0.326 e. The standard InChI is InChI=1S/C15H18N2O5S/c1-16-23(21,22)12-7-4-11(5-8-12)6-9-14(18)17-10-2-3-13(17)15(19)20/h4-9,13,16H,2-3,10H2,1H3,(H,19,20). The number of hydrogen-bond donors (Lipinski definition) is 2. The molecule has 23 heavy (non-hydrogen) atoms. The number of carboxylic acids is 1. The number of rotatable bonds is 5. The minimum atomic E-state index is -3.49. The lowest BCUT2D eigenvalue weighted by molar-refractivity contribution is -0.146. The van der Waals surface area contributed by atoms with E-state index in [4.69, 9.17) is 5.11 Å². The van der Waals surface area contributed by atoms with Gasteiger partial charge in [0.25, 0.3) is 0 Å². The fourth-order valence-corrected chi connectivity index (χ4v) is 3.16. The number of sulfonamides is 1. The van der Waals surface area contributed by atoms with E-state index in [0.717, 1.165) is 0 Å². The number of carbonyl (C=O) groups is 2. The summed E-state index contributed by atoms with van der Waals surface area (Å²) in [4.78, 5) is 24.6. The molecule has 1 aliphatic heterocycles. The third-order valence-electron chi connectivity index (χ3n) is 3.70. The zero-order chi connectivity index (χ0) is 17.0. The predicted molar refractivity (Wildman–Crippen MR) is 84.1 cm³/mol. The SMILES string of the molecule is CNS(=O)(=O)c1ccc(C=CC(=O)N2CCCC2C(=O)O)cc1. The van der Waals surface area contributed by atoms with Crippen LogP contribution in [-0.2, 0) is 19.6 Å². The lowest BCUT2D eigenvalue weighted by Crippen LogP contribution is -2.39. The van der Waals surface area contributed by atoms with Crippen LogP contribution in [0.25, 0.3) is 6.08 Å². The van der Waals surface area contributed by atoms with E-state index in [2.05, 4.69) is 4.72 Å². The molecule has 1 fully saturated rings. The number of carbonyl (C=O) groups excluding carboxylic acids is 1. The number of amides is 1. The maximum atomic E-state index is 12.1. The van der Waals surface area contributed by atoms with Crippen LogP contribution in [-0.4, -0.2) is 49.9 Å². The molecular weight excluding hydrogens is 320 g/mol. The molecule has 0 radical (unpaired) electrons. The number of aliphatic carboxylic acids is 1. The van der Waals surface area contributed by atoms with E-state index in [-0.39, 0.29) is 10.8 Å². The van der Waals surface area contributed by atoms with Gasteiger partial charge in [-0.25, -0.2) is 17.9 Å². The maximum Gasteiger partial charge on any atom is 0.326 e. The summed E-state index contributed by atoms with van der Waals surface area (Å²) in [6, 6.07) is 5.26. The van der Waals surface area contributed by atoms with Crippen LogP contribution in [0.3, 0.4) is 0 Å². The Hall–Kier alpha value is -2.19. The molecule has 1 unspecified atom stereocenters. The Morgan fingerprint density at radius 1 is 1.30 bits per heavy atom. The van der Waals surface area contributed by atoms with E-state index in [1.807, 2.05) is 0 Å². The summed E-state index contributed by atoms with van der Waals surface area (Å²) in [6.07, 6.45) is 3.98. The van der Waals surface area contributed by atoms with Gasteiger partial charge in [0, 0.05) is 12.6 Å². The molecule has 124 valence electrons. The van der Waals surface area contributed by atoms with Gasteiger partial charge in [0.05, 0.1) is 4.90 Å². The highest BCUT2D eigenvalue weighted by atomic mass is 32.2. The van der Waals surface area contributed by atoms with E-state index < -0.39 is 22.0 Å². The van der Waals surface area contributed by atoms with Crippen molar-refractivity contribution in [1.29, 1.82) is 0 Å². The predicted octanol–water partition coefficient (Wildman–Crippen LogP) is 0.683. The first-order valence-electron chi connectivity index (χ1n) is 7.10. The maximum absolute atomic E-state index is 12.1. The first-order chi connectivity index (χ1) is 10.8. The van der Waals surface area contributed by atoms with E-state index in [9.17, 15) is 18.0 Å². The van der Waals surface area contributed by atoms with Crippen LogP contribution in [0, 0.1) is 0 Å². The van der Waals surface area contributed by atoms with Crippen molar-refractivity contribution >= 4 is 28.0 Å². The van der Waals surface area contributed by atoms with Gasteiger partial charge in [0.15, 0.2) is 0 Å². The Morgan fingerprint density at radius 3 is 2.52 bits per heavy atom. The average Bonchev–Trinajstić information content (AvgIpc) is 3.03. The zero-order valence-electron chi connectivity index (χ0n) is 12.6. The second-order valence-corrected chi connectivity index (χ2v) is 7.02. The van der Waals surface area contributed by atoms with Crippen LogP contribution in [0.1, 0.15) is 18.4 Å². The van der Waals surface area contributed by atoms with Gasteiger partial charge in [-0.15, -0.1) is 0 Å². The van der Waals surface area contributed by atoms with Gasteiger partial charge in [0.2, 0.25) is 15.9 Å². The minimum Gasteiger partial charge on any atom is -0.480 e. The van der Waals surface area contributed by atoms with Gasteiger partial charge in [-0.2, -0.15) is 0 Å². The van der Waals surface area contributed by atoms with Crippen molar-refractivity contribution in [2.24, 2.45) is 0 Å². The normalized spacial score (nSPS) is 18.5. The van der Waals surface area contributed by atoms with Crippen molar-refractivity contribution in [2.45, 2.75) is 23.8 Å². The van der Waals surface area contributed by atoms with Gasteiger partial charge < -0.3 is 10.0 Å². The van der Waals surface area contributed by atoms with Crippen LogP contribution in [0.4, 0.5) is 0 Å². The van der Waals surface area contributed by atoms with Crippen molar-refractivity contribution in [2.75, 3.05) is 13.6 Å². The molecule has 1 heterocycles. The van der Waals surface area contributed by atoms with Gasteiger partial charge in [0.1, 0.15) is 6.04 Å². The number of benzene rings is 1. The summed E-state index contributed by atoms with van der Waals surface area (Å²) in [5.41, 5.74) is 0.652. The number of carboxylic acid groups (broad SMARTS) is 1. The van der Waals surface area contributed by atoms with Gasteiger partial charge in [-0.3, -0.25) is 4.79 Å². The zero-order valence-corrected chi connectivity index (χ0v) is 13.4. The number of hydrogen-bond acceptors (Lipinski definition) is 4. The van der Waals surface area contributed by atoms with Crippen LogP contribution in [0.15, 0.2) is 35.2 Å². The molecule has 8 heteroatoms. The summed E-state index contributed by atoms with van der Waals surface area (Å²) in [7, 11) is -2.16. The molecule has 1 atom stereocenters. The highest BCUT2D eigenvalue weighted by Gasteiger charge is 2.32. The topological polar surface area (TPSA) is 104 Å². The van der Waals surface area contributed by atoms with E-state index in [0.29, 0.717) is 24.9 Å². The molecule has 1 amide bonds. The summed E-state index contributed by atoms with van der Waals surface area (Å²) in [5, 5.41) is 9.07. The molecule has 7 nitrogen and oxygen atoms in total. The van der Waals surface area contributed by atoms with E-state index >= 15 is 0 Å². The molecule has 0 bridgehead atoms. The second kappa shape index (κ2) is 6.93. The van der Waals surface area contributed by atoms with Gasteiger partial charge in [-0.05, 0) is 43.7 Å². The Morgan fingerprint density at radius 2 is 1.96 bits per heavy atom. The molecule has 1 aromatic rings. The molecule has 2 N–H and O–H groups in total. The summed E-state index contributed by atoms with van der Waals surface area (Å²) < 4.78 is 25.4. The van der Waals surface area contributed by atoms with Crippen LogP contribution in [0.2, 0.25) is 0 Å². The molecule has 0 aromatic heterocycles. The summed E-state index contributed by atoms with van der Waals surface area (Å²) in [5.74, 6) is -1.35. The van der Waals surface area contributed by atoms with Crippen molar-refractivity contribution in [3.05, 3.63) is 35.9 Å². The third-order valence-corrected chi connectivity index (χ3v) is 5.13. The highest BCUT2D eigenvalue weighted by Crippen LogP contribution is 2.18.